The van der Waals surface area contributed by atoms with Crippen LogP contribution in [-0.4, -0.2) is 80.9 Å². The van der Waals surface area contributed by atoms with Crippen molar-refractivity contribution in [3.05, 3.63) is 55.6 Å². The molecule has 42 heavy (non-hydrogen) atoms. The van der Waals surface area contributed by atoms with Gasteiger partial charge in [-0.2, -0.15) is 0 Å². The lowest BCUT2D eigenvalue weighted by molar-refractivity contribution is -0.146. The molecule has 3 amide bonds. The van der Waals surface area contributed by atoms with E-state index in [2.05, 4.69) is 27.0 Å². The average molecular weight is 596 g/mol. The van der Waals surface area contributed by atoms with Crippen molar-refractivity contribution in [1.82, 2.24) is 9.80 Å². The fraction of sp³-hybridized carbons (Fsp3) is 0.618. The molecule has 0 saturated carbocycles. The number of unbranched alkanes of at least 4 members (excludes halogenated alkanes) is 2. The van der Waals surface area contributed by atoms with Gasteiger partial charge in [-0.3, -0.25) is 14.4 Å². The van der Waals surface area contributed by atoms with Crippen molar-refractivity contribution in [2.75, 3.05) is 31.1 Å². The van der Waals surface area contributed by atoms with Gasteiger partial charge in [-0.05, 0) is 36.8 Å². The molecule has 0 aliphatic carbocycles. The van der Waals surface area contributed by atoms with E-state index in [0.717, 1.165) is 37.8 Å². The molecule has 3 aliphatic heterocycles. The van der Waals surface area contributed by atoms with Gasteiger partial charge in [0.2, 0.25) is 17.7 Å². The number of anilines is 1. The predicted octanol–water partition coefficient (Wildman–Crippen LogP) is 5.15. The van der Waals surface area contributed by atoms with Crippen LogP contribution in [0.2, 0.25) is 0 Å². The van der Waals surface area contributed by atoms with Crippen molar-refractivity contribution in [2.24, 2.45) is 23.7 Å². The van der Waals surface area contributed by atoms with Crippen LogP contribution < -0.4 is 4.90 Å². The van der Waals surface area contributed by atoms with Crippen LogP contribution in [0.25, 0.3) is 0 Å². The molecule has 1 aromatic rings. The molecule has 1 N–H and O–H groups in total. The van der Waals surface area contributed by atoms with E-state index in [1.165, 1.54) is 0 Å². The summed E-state index contributed by atoms with van der Waals surface area (Å²) in [6, 6.07) is 8.29. The molecule has 8 heteroatoms. The summed E-state index contributed by atoms with van der Waals surface area (Å²) in [5.41, 5.74) is 0.771. The highest BCUT2D eigenvalue weighted by Gasteiger charge is 2.77. The van der Waals surface area contributed by atoms with Gasteiger partial charge in [0.15, 0.2) is 0 Å². The Bertz CT molecular complexity index is 1140. The van der Waals surface area contributed by atoms with E-state index in [1.807, 2.05) is 49.1 Å². The van der Waals surface area contributed by atoms with E-state index in [1.54, 1.807) is 33.7 Å². The Morgan fingerprint density at radius 2 is 1.83 bits per heavy atom. The third kappa shape index (κ3) is 5.45. The van der Waals surface area contributed by atoms with Crippen molar-refractivity contribution in [1.29, 1.82) is 0 Å². The number of aliphatic hydroxyl groups is 1. The number of hydrogen-bond donors (Lipinski definition) is 1. The summed E-state index contributed by atoms with van der Waals surface area (Å²) in [6.07, 6.45) is 7.92. The first-order chi connectivity index (χ1) is 20.2. The molecule has 230 valence electrons. The summed E-state index contributed by atoms with van der Waals surface area (Å²) < 4.78 is -0.735. The van der Waals surface area contributed by atoms with Crippen LogP contribution in [0.1, 0.15) is 59.8 Å². The second-order valence-corrected chi connectivity index (χ2v) is 13.8. The van der Waals surface area contributed by atoms with Crippen molar-refractivity contribution in [3.8, 4) is 0 Å². The SMILES string of the molecule is C=CCN(CCCCC)C(=O)C1N([C@@H](CO)[C@@H](C)CC)C(=O)[C@@H]2[C@H](C(=O)N(CC=C)c3ccccc3)[C@@H]3CC(C)C12S3. The first-order valence-corrected chi connectivity index (χ1v) is 16.6. The Hall–Kier alpha value is -2.58. The second-order valence-electron chi connectivity index (χ2n) is 12.3. The molecule has 7 nitrogen and oxygen atoms in total. The fourth-order valence-corrected chi connectivity index (χ4v) is 10.0. The summed E-state index contributed by atoms with van der Waals surface area (Å²) in [4.78, 5) is 49.2. The number of nitrogens with zero attached hydrogens (tertiary/aromatic N) is 3. The number of fused-ring (bicyclic) bond motifs is 1. The molecule has 3 saturated heterocycles. The Morgan fingerprint density at radius 1 is 1.14 bits per heavy atom. The van der Waals surface area contributed by atoms with Crippen molar-refractivity contribution >= 4 is 35.2 Å². The van der Waals surface area contributed by atoms with Crippen molar-refractivity contribution in [2.45, 2.75) is 81.9 Å². The van der Waals surface area contributed by atoms with E-state index >= 15 is 0 Å². The molecule has 3 aliphatic rings. The maximum absolute atomic E-state index is 14.7. The lowest BCUT2D eigenvalue weighted by atomic mass is 9.65. The van der Waals surface area contributed by atoms with Crippen LogP contribution in [0.5, 0.6) is 0 Å². The second kappa shape index (κ2) is 13.8. The number of carbonyl (C=O) groups excluding carboxylic acids is 3. The van der Waals surface area contributed by atoms with Crippen molar-refractivity contribution in [3.63, 3.8) is 0 Å². The zero-order valence-electron chi connectivity index (χ0n) is 25.8. The Morgan fingerprint density at radius 3 is 2.43 bits per heavy atom. The number of benzene rings is 1. The maximum Gasteiger partial charge on any atom is 0.247 e. The minimum atomic E-state index is -0.741. The molecular formula is C34H49N3O4S. The summed E-state index contributed by atoms with van der Waals surface area (Å²) in [6.45, 7) is 17.3. The topological polar surface area (TPSA) is 81.2 Å². The number of para-hydroxylation sites is 1. The molecule has 8 atom stereocenters. The molecule has 2 bridgehead atoms. The number of carbonyl (C=O) groups is 3. The number of amides is 3. The van der Waals surface area contributed by atoms with Gasteiger partial charge in [-0.15, -0.1) is 24.9 Å². The number of likely N-dealkylation sites (tertiary alicyclic amines) is 1. The molecule has 1 aromatic carbocycles. The molecule has 0 radical (unpaired) electrons. The largest absolute Gasteiger partial charge is 0.394 e. The fourth-order valence-electron chi connectivity index (χ4n) is 7.61. The van der Waals surface area contributed by atoms with Crippen LogP contribution >= 0.6 is 11.8 Å². The van der Waals surface area contributed by atoms with Gasteiger partial charge in [0, 0.05) is 30.6 Å². The Balaban J connectivity index is 1.82. The smallest absolute Gasteiger partial charge is 0.247 e. The average Bonchev–Trinajstić information content (AvgIpc) is 3.59. The summed E-state index contributed by atoms with van der Waals surface area (Å²) >= 11 is 1.69. The number of rotatable bonds is 15. The van der Waals surface area contributed by atoms with Gasteiger partial charge in [0.1, 0.15) is 6.04 Å². The zero-order chi connectivity index (χ0) is 30.6. The third-order valence-electron chi connectivity index (χ3n) is 9.89. The minimum Gasteiger partial charge on any atom is -0.394 e. The summed E-state index contributed by atoms with van der Waals surface area (Å²) in [7, 11) is 0. The first kappa shape index (κ1) is 32.3. The van der Waals surface area contributed by atoms with E-state index in [9.17, 15) is 19.5 Å². The van der Waals surface area contributed by atoms with Crippen molar-refractivity contribution < 1.29 is 19.5 Å². The minimum absolute atomic E-state index is 0.00865. The highest BCUT2D eigenvalue weighted by Crippen LogP contribution is 2.69. The van der Waals surface area contributed by atoms with Gasteiger partial charge in [-0.25, -0.2) is 0 Å². The van der Waals surface area contributed by atoms with Crippen LogP contribution in [0, 0.1) is 23.7 Å². The van der Waals surface area contributed by atoms with E-state index in [4.69, 9.17) is 0 Å². The summed E-state index contributed by atoms with van der Waals surface area (Å²) in [5.74, 6) is -1.46. The molecule has 3 unspecified atom stereocenters. The molecule has 1 spiro atoms. The molecule has 4 rings (SSSR count). The van der Waals surface area contributed by atoms with Gasteiger partial charge >= 0.3 is 0 Å². The standard InChI is InChI=1S/C34H49N3O4S/c1-7-11-15-20-35(18-8-2)33(41)30-34-24(6)21-27(42-34)28(29(34)32(40)37(30)26(22-38)23(5)10-4)31(39)36(19-9-3)25-16-13-12-14-17-25/h8-9,12-14,16-17,23-24,26-30,38H,2-3,7,10-11,15,18-22H2,1,4-6H3/t23-,24?,26-,27-,28+,29-,30?,34?/m0/s1. The van der Waals surface area contributed by atoms with Crippen LogP contribution in [-0.2, 0) is 14.4 Å². The van der Waals surface area contributed by atoms with E-state index < -0.39 is 28.7 Å². The Kier molecular flexibility index (Phi) is 10.6. The highest BCUT2D eigenvalue weighted by atomic mass is 32.2. The molecular weight excluding hydrogens is 546 g/mol. The van der Waals surface area contributed by atoms with Gasteiger partial charge < -0.3 is 19.8 Å². The monoisotopic (exact) mass is 595 g/mol. The number of thioether (sulfide) groups is 1. The number of hydrogen-bond acceptors (Lipinski definition) is 5. The van der Waals surface area contributed by atoms with Crippen LogP contribution in [0.4, 0.5) is 5.69 Å². The maximum atomic E-state index is 14.7. The molecule has 3 fully saturated rings. The Labute approximate surface area is 256 Å². The molecule has 3 heterocycles. The van der Waals surface area contributed by atoms with E-state index in [-0.39, 0.29) is 41.4 Å². The lowest BCUT2D eigenvalue weighted by Crippen LogP contribution is -2.60. The number of aliphatic hydroxyl groups excluding tert-OH is 1. The highest BCUT2D eigenvalue weighted by molar-refractivity contribution is 8.02. The lowest BCUT2D eigenvalue weighted by Gasteiger charge is -2.43. The quantitative estimate of drug-likeness (QED) is 0.224. The van der Waals surface area contributed by atoms with Crippen LogP contribution in [0.15, 0.2) is 55.6 Å². The van der Waals surface area contributed by atoms with E-state index in [0.29, 0.717) is 19.6 Å². The van der Waals surface area contributed by atoms with Gasteiger partial charge in [0.05, 0.1) is 29.2 Å². The van der Waals surface area contributed by atoms with Gasteiger partial charge in [-0.1, -0.05) is 77.3 Å². The van der Waals surface area contributed by atoms with Crippen LogP contribution in [0.3, 0.4) is 0 Å². The normalized spacial score (nSPS) is 29.2. The third-order valence-corrected chi connectivity index (χ3v) is 12.0. The molecule has 0 aromatic heterocycles. The predicted molar refractivity (Wildman–Crippen MR) is 171 cm³/mol. The first-order valence-electron chi connectivity index (χ1n) is 15.7. The zero-order valence-corrected chi connectivity index (χ0v) is 26.6. The van der Waals surface area contributed by atoms with Gasteiger partial charge in [0.25, 0.3) is 0 Å². The summed E-state index contributed by atoms with van der Waals surface area (Å²) in [5, 5.41) is 10.6.